The van der Waals surface area contributed by atoms with E-state index >= 15 is 0 Å². The van der Waals surface area contributed by atoms with Crippen molar-refractivity contribution in [3.63, 3.8) is 0 Å². The number of hydrogen-bond acceptors (Lipinski definition) is 5. The van der Waals surface area contributed by atoms with Gasteiger partial charge in [0.1, 0.15) is 11.4 Å². The summed E-state index contributed by atoms with van der Waals surface area (Å²) in [4.78, 5) is 12.6. The van der Waals surface area contributed by atoms with Crippen LogP contribution in [0.1, 0.15) is 34.3 Å². The van der Waals surface area contributed by atoms with Crippen molar-refractivity contribution in [3.05, 3.63) is 53.5 Å². The average molecular weight is 338 g/mol. The molecule has 3 aromatic rings. The molecule has 1 atom stereocenters. The van der Waals surface area contributed by atoms with Crippen LogP contribution < -0.4 is 10.1 Å². The summed E-state index contributed by atoms with van der Waals surface area (Å²) in [6, 6.07) is 9.26. The molecule has 0 unspecified atom stereocenters. The van der Waals surface area contributed by atoms with E-state index in [1.807, 2.05) is 38.2 Å². The first kappa shape index (κ1) is 15.4. The van der Waals surface area contributed by atoms with E-state index in [9.17, 15) is 4.79 Å². The smallest absolute Gasteiger partial charge is 0.290 e. The molecule has 3 heterocycles. The highest BCUT2D eigenvalue weighted by atomic mass is 16.5. The van der Waals surface area contributed by atoms with Crippen LogP contribution in [0, 0.1) is 6.92 Å². The van der Waals surface area contributed by atoms with Crippen LogP contribution in [0.15, 0.2) is 41.1 Å². The van der Waals surface area contributed by atoms with E-state index in [1.165, 1.54) is 0 Å². The molecule has 2 aromatic heterocycles. The summed E-state index contributed by atoms with van der Waals surface area (Å²) in [5.41, 5.74) is 3.38. The highest BCUT2D eigenvalue weighted by molar-refractivity contribution is 5.92. The number of fused-ring (bicyclic) bond motifs is 1. The second-order valence-electron chi connectivity index (χ2n) is 6.04. The van der Waals surface area contributed by atoms with Crippen LogP contribution in [0.2, 0.25) is 0 Å². The Morgan fingerprint density at radius 1 is 1.36 bits per heavy atom. The van der Waals surface area contributed by atoms with Crippen molar-refractivity contribution in [2.24, 2.45) is 7.05 Å². The predicted molar refractivity (Wildman–Crippen MR) is 90.2 cm³/mol. The molecule has 1 aliphatic rings. The number of rotatable bonds is 3. The minimum Gasteiger partial charge on any atom is -0.493 e. The number of nitrogens with one attached hydrogen (secondary N) is 1. The Morgan fingerprint density at radius 3 is 3.00 bits per heavy atom. The number of benzene rings is 1. The summed E-state index contributed by atoms with van der Waals surface area (Å²) in [5.74, 6) is 0.701. The molecule has 4 rings (SSSR count). The van der Waals surface area contributed by atoms with E-state index in [-0.39, 0.29) is 17.7 Å². The molecule has 1 N–H and O–H groups in total. The molecule has 0 aliphatic carbocycles. The molecule has 0 bridgehead atoms. The van der Waals surface area contributed by atoms with Gasteiger partial charge in [-0.25, -0.2) is 0 Å². The van der Waals surface area contributed by atoms with Crippen molar-refractivity contribution in [3.8, 4) is 17.0 Å². The van der Waals surface area contributed by atoms with Crippen molar-refractivity contribution < 1.29 is 14.1 Å². The van der Waals surface area contributed by atoms with Crippen LogP contribution in [-0.2, 0) is 7.05 Å². The lowest BCUT2D eigenvalue weighted by Gasteiger charge is -2.26. The van der Waals surface area contributed by atoms with Gasteiger partial charge in [0.25, 0.3) is 5.91 Å². The Labute approximate surface area is 144 Å². The van der Waals surface area contributed by atoms with Gasteiger partial charge in [-0.1, -0.05) is 23.4 Å². The maximum atomic E-state index is 12.6. The zero-order chi connectivity index (χ0) is 17.4. The number of carbonyl (C=O) groups excluding carboxylic acids is 1. The van der Waals surface area contributed by atoms with Gasteiger partial charge in [-0.3, -0.25) is 9.48 Å². The van der Waals surface area contributed by atoms with Crippen molar-refractivity contribution >= 4 is 5.91 Å². The molecule has 7 heteroatoms. The largest absolute Gasteiger partial charge is 0.493 e. The van der Waals surface area contributed by atoms with Crippen molar-refractivity contribution in [1.82, 2.24) is 20.3 Å². The zero-order valence-electron chi connectivity index (χ0n) is 14.0. The van der Waals surface area contributed by atoms with Crippen LogP contribution in [0.5, 0.6) is 5.75 Å². The van der Waals surface area contributed by atoms with Crippen LogP contribution in [-0.4, -0.2) is 27.5 Å². The van der Waals surface area contributed by atoms with Crippen molar-refractivity contribution in [2.75, 3.05) is 6.61 Å². The summed E-state index contributed by atoms with van der Waals surface area (Å²) < 4.78 is 12.6. The Bertz CT molecular complexity index is 928. The molecule has 25 heavy (non-hydrogen) atoms. The first-order valence-electron chi connectivity index (χ1n) is 8.12. The van der Waals surface area contributed by atoms with Gasteiger partial charge in [0.05, 0.1) is 18.8 Å². The van der Waals surface area contributed by atoms with Gasteiger partial charge in [0.2, 0.25) is 5.76 Å². The fourth-order valence-electron chi connectivity index (χ4n) is 2.98. The summed E-state index contributed by atoms with van der Waals surface area (Å²) in [6.07, 6.45) is 2.43. The number of amides is 1. The number of aryl methyl sites for hydroxylation is 1. The van der Waals surface area contributed by atoms with Crippen LogP contribution in [0.3, 0.4) is 0 Å². The lowest BCUT2D eigenvalue weighted by molar-refractivity contribution is 0.0887. The molecule has 128 valence electrons. The molecule has 0 fully saturated rings. The third kappa shape index (κ3) is 2.77. The lowest BCUT2D eigenvalue weighted by atomic mass is 10.0. The topological polar surface area (TPSA) is 82.2 Å². The van der Waals surface area contributed by atoms with Crippen molar-refractivity contribution in [2.45, 2.75) is 19.4 Å². The molecule has 0 radical (unpaired) electrons. The van der Waals surface area contributed by atoms with E-state index in [0.717, 1.165) is 22.6 Å². The molecular weight excluding hydrogens is 320 g/mol. The van der Waals surface area contributed by atoms with Gasteiger partial charge >= 0.3 is 0 Å². The Hall–Kier alpha value is -3.09. The van der Waals surface area contributed by atoms with Gasteiger partial charge in [0.15, 0.2) is 0 Å². The molecule has 7 nitrogen and oxygen atoms in total. The summed E-state index contributed by atoms with van der Waals surface area (Å²) in [5, 5.41) is 11.2. The molecular formula is C18H18N4O3. The molecule has 1 aromatic carbocycles. The highest BCUT2D eigenvalue weighted by Gasteiger charge is 2.25. The number of hydrogen-bond donors (Lipinski definition) is 1. The minimum atomic E-state index is -0.290. The minimum absolute atomic E-state index is 0.105. The zero-order valence-corrected chi connectivity index (χ0v) is 14.0. The SMILES string of the molecule is Cc1c(-c2cc(C(=O)N[C@H]3CCOc4ccccc43)on2)cnn1C. The quantitative estimate of drug-likeness (QED) is 0.794. The molecule has 0 saturated heterocycles. The predicted octanol–water partition coefficient (Wildman–Crippen LogP) is 2.64. The Kier molecular flexibility index (Phi) is 3.76. The first-order chi connectivity index (χ1) is 12.1. The Morgan fingerprint density at radius 2 is 2.20 bits per heavy atom. The van der Waals surface area contributed by atoms with Gasteiger partial charge in [-0.2, -0.15) is 5.10 Å². The first-order valence-corrected chi connectivity index (χ1v) is 8.12. The summed E-state index contributed by atoms with van der Waals surface area (Å²) >= 11 is 0. The number of nitrogens with zero attached hydrogens (tertiary/aromatic N) is 3. The van der Waals surface area contributed by atoms with Gasteiger partial charge in [-0.05, 0) is 13.0 Å². The number of carbonyl (C=O) groups is 1. The van der Waals surface area contributed by atoms with E-state index < -0.39 is 0 Å². The maximum absolute atomic E-state index is 12.6. The van der Waals surface area contributed by atoms with E-state index in [0.29, 0.717) is 18.7 Å². The van der Waals surface area contributed by atoms with Gasteiger partial charge in [0, 0.05) is 36.4 Å². The molecule has 1 aliphatic heterocycles. The van der Waals surface area contributed by atoms with Gasteiger partial charge < -0.3 is 14.6 Å². The second kappa shape index (κ2) is 6.08. The van der Waals surface area contributed by atoms with E-state index in [4.69, 9.17) is 9.26 Å². The monoisotopic (exact) mass is 338 g/mol. The van der Waals surface area contributed by atoms with Crippen LogP contribution in [0.4, 0.5) is 0 Å². The number of para-hydroxylation sites is 1. The van der Waals surface area contributed by atoms with Crippen LogP contribution in [0.25, 0.3) is 11.3 Å². The highest BCUT2D eigenvalue weighted by Crippen LogP contribution is 2.32. The molecule has 0 spiro atoms. The third-order valence-corrected chi connectivity index (χ3v) is 4.51. The van der Waals surface area contributed by atoms with E-state index in [1.54, 1.807) is 16.9 Å². The fourth-order valence-corrected chi connectivity index (χ4v) is 2.98. The third-order valence-electron chi connectivity index (χ3n) is 4.51. The lowest BCUT2D eigenvalue weighted by Crippen LogP contribution is -2.31. The maximum Gasteiger partial charge on any atom is 0.290 e. The molecule has 0 saturated carbocycles. The average Bonchev–Trinajstić information content (AvgIpc) is 3.23. The van der Waals surface area contributed by atoms with Crippen LogP contribution >= 0.6 is 0 Å². The van der Waals surface area contributed by atoms with Gasteiger partial charge in [-0.15, -0.1) is 0 Å². The standard InChI is InChI=1S/C18H18N4O3/c1-11-13(10-19-22(11)2)15-9-17(25-21-15)18(23)20-14-7-8-24-16-6-4-3-5-12(14)16/h3-6,9-10,14H,7-8H2,1-2H3,(H,20,23)/t14-/m0/s1. The summed E-state index contributed by atoms with van der Waals surface area (Å²) in [7, 11) is 1.86. The normalized spacial score (nSPS) is 16.2. The number of ether oxygens (including phenoxy) is 1. The summed E-state index contributed by atoms with van der Waals surface area (Å²) in [6.45, 7) is 2.51. The second-order valence-corrected chi connectivity index (χ2v) is 6.04. The fraction of sp³-hybridized carbons (Fsp3) is 0.278. The van der Waals surface area contributed by atoms with Crippen molar-refractivity contribution in [1.29, 1.82) is 0 Å². The Balaban J connectivity index is 1.54. The number of aromatic nitrogens is 3. The van der Waals surface area contributed by atoms with E-state index in [2.05, 4.69) is 15.6 Å². The molecule has 1 amide bonds.